The SMILES string of the molecule is CC(C)C(N)Oc1ccccc1. The van der Waals surface area contributed by atoms with Gasteiger partial charge in [-0.05, 0) is 12.1 Å². The first kappa shape index (κ1) is 9.07. The summed E-state index contributed by atoms with van der Waals surface area (Å²) in [5.41, 5.74) is 5.73. The first-order valence-electron chi connectivity index (χ1n) is 4.17. The second-order valence-electron chi connectivity index (χ2n) is 3.14. The van der Waals surface area contributed by atoms with Crippen LogP contribution in [0.25, 0.3) is 0 Å². The standard InChI is InChI=1S/C10H15NO/c1-8(2)10(11)12-9-6-4-3-5-7-9/h3-8,10H,11H2,1-2H3. The smallest absolute Gasteiger partial charge is 0.150 e. The molecule has 0 aliphatic carbocycles. The van der Waals surface area contributed by atoms with Gasteiger partial charge >= 0.3 is 0 Å². The molecule has 0 saturated heterocycles. The van der Waals surface area contributed by atoms with Gasteiger partial charge in [-0.15, -0.1) is 0 Å². The van der Waals surface area contributed by atoms with E-state index in [1.54, 1.807) is 0 Å². The van der Waals surface area contributed by atoms with Gasteiger partial charge in [0.05, 0.1) is 0 Å². The molecule has 0 amide bonds. The third-order valence-corrected chi connectivity index (χ3v) is 1.67. The molecule has 0 spiro atoms. The number of ether oxygens (including phenoxy) is 1. The molecular weight excluding hydrogens is 150 g/mol. The molecule has 1 unspecified atom stereocenters. The molecule has 2 N–H and O–H groups in total. The van der Waals surface area contributed by atoms with Gasteiger partial charge in [0.15, 0.2) is 0 Å². The Morgan fingerprint density at radius 2 is 1.75 bits per heavy atom. The van der Waals surface area contributed by atoms with Crippen LogP contribution in [-0.4, -0.2) is 6.23 Å². The highest BCUT2D eigenvalue weighted by Gasteiger charge is 2.07. The Kier molecular flexibility index (Phi) is 3.11. The Morgan fingerprint density at radius 1 is 1.17 bits per heavy atom. The molecule has 0 heterocycles. The normalized spacial score (nSPS) is 13.0. The van der Waals surface area contributed by atoms with Gasteiger partial charge < -0.3 is 4.74 Å². The highest BCUT2D eigenvalue weighted by Crippen LogP contribution is 2.11. The van der Waals surface area contributed by atoms with Crippen molar-refractivity contribution < 1.29 is 4.74 Å². The van der Waals surface area contributed by atoms with Crippen LogP contribution in [0.3, 0.4) is 0 Å². The van der Waals surface area contributed by atoms with Crippen LogP contribution in [0, 0.1) is 5.92 Å². The summed E-state index contributed by atoms with van der Waals surface area (Å²) in [6.45, 7) is 4.07. The number of benzene rings is 1. The summed E-state index contributed by atoms with van der Waals surface area (Å²) in [7, 11) is 0. The van der Waals surface area contributed by atoms with Crippen molar-refractivity contribution in [2.75, 3.05) is 0 Å². The number of para-hydroxylation sites is 1. The zero-order valence-corrected chi connectivity index (χ0v) is 7.53. The minimum absolute atomic E-state index is 0.215. The van der Waals surface area contributed by atoms with Crippen molar-refractivity contribution >= 4 is 0 Å². The van der Waals surface area contributed by atoms with Crippen molar-refractivity contribution in [2.24, 2.45) is 11.7 Å². The number of hydrogen-bond donors (Lipinski definition) is 1. The summed E-state index contributed by atoms with van der Waals surface area (Å²) in [5.74, 6) is 1.17. The van der Waals surface area contributed by atoms with Crippen molar-refractivity contribution in [3.05, 3.63) is 30.3 Å². The van der Waals surface area contributed by atoms with Crippen molar-refractivity contribution in [1.29, 1.82) is 0 Å². The Bertz CT molecular complexity index is 221. The van der Waals surface area contributed by atoms with Gasteiger partial charge in [-0.1, -0.05) is 32.0 Å². The minimum atomic E-state index is -0.215. The van der Waals surface area contributed by atoms with E-state index in [0.717, 1.165) is 5.75 Å². The van der Waals surface area contributed by atoms with E-state index in [9.17, 15) is 0 Å². The van der Waals surface area contributed by atoms with Crippen LogP contribution in [0.4, 0.5) is 0 Å². The van der Waals surface area contributed by atoms with E-state index >= 15 is 0 Å². The predicted octanol–water partition coefficient (Wildman–Crippen LogP) is 2.01. The first-order chi connectivity index (χ1) is 5.70. The highest BCUT2D eigenvalue weighted by atomic mass is 16.5. The molecule has 1 rings (SSSR count). The van der Waals surface area contributed by atoms with Gasteiger partial charge in [0.2, 0.25) is 0 Å². The molecule has 0 aromatic heterocycles. The van der Waals surface area contributed by atoms with Gasteiger partial charge in [-0.25, -0.2) is 0 Å². The summed E-state index contributed by atoms with van der Waals surface area (Å²) in [4.78, 5) is 0. The maximum Gasteiger partial charge on any atom is 0.150 e. The number of hydrogen-bond acceptors (Lipinski definition) is 2. The average Bonchev–Trinajstić information content (AvgIpc) is 2.06. The second kappa shape index (κ2) is 4.12. The van der Waals surface area contributed by atoms with Crippen LogP contribution < -0.4 is 10.5 Å². The summed E-state index contributed by atoms with van der Waals surface area (Å²) in [6, 6.07) is 9.63. The Balaban J connectivity index is 2.53. The molecule has 0 aliphatic heterocycles. The van der Waals surface area contributed by atoms with Crippen LogP contribution in [0.2, 0.25) is 0 Å². The molecule has 0 saturated carbocycles. The fraction of sp³-hybridized carbons (Fsp3) is 0.400. The summed E-state index contributed by atoms with van der Waals surface area (Å²) in [6.07, 6.45) is -0.215. The molecule has 1 aromatic carbocycles. The molecular formula is C10H15NO. The number of nitrogens with two attached hydrogens (primary N) is 1. The van der Waals surface area contributed by atoms with Gasteiger partial charge in [0, 0.05) is 5.92 Å². The first-order valence-corrected chi connectivity index (χ1v) is 4.17. The molecule has 0 aliphatic rings. The Labute approximate surface area is 73.3 Å². The lowest BCUT2D eigenvalue weighted by Crippen LogP contribution is -2.32. The van der Waals surface area contributed by atoms with E-state index in [0.29, 0.717) is 5.92 Å². The molecule has 12 heavy (non-hydrogen) atoms. The third kappa shape index (κ3) is 2.55. The van der Waals surface area contributed by atoms with Crippen molar-refractivity contribution in [3.63, 3.8) is 0 Å². The third-order valence-electron chi connectivity index (χ3n) is 1.67. The lowest BCUT2D eigenvalue weighted by atomic mass is 10.2. The summed E-state index contributed by atoms with van der Waals surface area (Å²) < 4.78 is 5.45. The lowest BCUT2D eigenvalue weighted by molar-refractivity contribution is 0.158. The second-order valence-corrected chi connectivity index (χ2v) is 3.14. The topological polar surface area (TPSA) is 35.2 Å². The average molecular weight is 165 g/mol. The van der Waals surface area contributed by atoms with Crippen molar-refractivity contribution in [3.8, 4) is 5.75 Å². The molecule has 0 bridgehead atoms. The lowest BCUT2D eigenvalue weighted by Gasteiger charge is -2.17. The molecule has 2 heteroatoms. The maximum absolute atomic E-state index is 5.73. The molecule has 1 atom stereocenters. The maximum atomic E-state index is 5.73. The van der Waals surface area contributed by atoms with Crippen molar-refractivity contribution in [2.45, 2.75) is 20.1 Å². The minimum Gasteiger partial charge on any atom is -0.475 e. The molecule has 0 radical (unpaired) electrons. The molecule has 2 nitrogen and oxygen atoms in total. The van der Waals surface area contributed by atoms with Gasteiger partial charge in [-0.3, -0.25) is 5.73 Å². The van der Waals surface area contributed by atoms with Crippen LogP contribution in [0.1, 0.15) is 13.8 Å². The van der Waals surface area contributed by atoms with E-state index in [1.807, 2.05) is 44.2 Å². The van der Waals surface area contributed by atoms with Crippen LogP contribution in [-0.2, 0) is 0 Å². The van der Waals surface area contributed by atoms with Crippen LogP contribution in [0.15, 0.2) is 30.3 Å². The van der Waals surface area contributed by atoms with E-state index in [-0.39, 0.29) is 6.23 Å². The zero-order valence-electron chi connectivity index (χ0n) is 7.53. The van der Waals surface area contributed by atoms with Crippen molar-refractivity contribution in [1.82, 2.24) is 0 Å². The van der Waals surface area contributed by atoms with E-state index in [2.05, 4.69) is 0 Å². The van der Waals surface area contributed by atoms with Crippen LogP contribution >= 0.6 is 0 Å². The van der Waals surface area contributed by atoms with Gasteiger partial charge in [-0.2, -0.15) is 0 Å². The fourth-order valence-corrected chi connectivity index (χ4v) is 0.792. The van der Waals surface area contributed by atoms with E-state index < -0.39 is 0 Å². The predicted molar refractivity (Wildman–Crippen MR) is 49.9 cm³/mol. The fourth-order valence-electron chi connectivity index (χ4n) is 0.792. The molecule has 1 aromatic rings. The quantitative estimate of drug-likeness (QED) is 0.695. The van der Waals surface area contributed by atoms with Gasteiger partial charge in [0.1, 0.15) is 12.0 Å². The largest absolute Gasteiger partial charge is 0.475 e. The molecule has 66 valence electrons. The molecule has 0 fully saturated rings. The van der Waals surface area contributed by atoms with Gasteiger partial charge in [0.25, 0.3) is 0 Å². The highest BCUT2D eigenvalue weighted by molar-refractivity contribution is 5.21. The Hall–Kier alpha value is -1.02. The summed E-state index contributed by atoms with van der Waals surface area (Å²) in [5, 5.41) is 0. The summed E-state index contributed by atoms with van der Waals surface area (Å²) >= 11 is 0. The Morgan fingerprint density at radius 3 is 2.25 bits per heavy atom. The monoisotopic (exact) mass is 165 g/mol. The van der Waals surface area contributed by atoms with E-state index in [4.69, 9.17) is 10.5 Å². The zero-order chi connectivity index (χ0) is 8.97. The number of rotatable bonds is 3. The van der Waals surface area contributed by atoms with Crippen LogP contribution in [0.5, 0.6) is 5.75 Å². The van der Waals surface area contributed by atoms with E-state index in [1.165, 1.54) is 0 Å².